The molecule has 0 N–H and O–H groups in total. The van der Waals surface area contributed by atoms with Crippen LogP contribution in [0.25, 0.3) is 0 Å². The molecule has 0 radical (unpaired) electrons. The largest absolute Gasteiger partial charge is 0.364 e. The molecular formula is C13H12N4O2S. The van der Waals surface area contributed by atoms with E-state index in [4.69, 9.17) is 4.74 Å². The van der Waals surface area contributed by atoms with E-state index >= 15 is 0 Å². The van der Waals surface area contributed by atoms with E-state index in [-0.39, 0.29) is 6.54 Å². The quantitative estimate of drug-likeness (QED) is 0.806. The zero-order valence-corrected chi connectivity index (χ0v) is 11.6. The van der Waals surface area contributed by atoms with Gasteiger partial charge in [0.05, 0.1) is 5.69 Å². The van der Waals surface area contributed by atoms with E-state index in [0.29, 0.717) is 6.73 Å². The first-order valence-corrected chi connectivity index (χ1v) is 6.82. The molecule has 0 fully saturated rings. The molecule has 0 saturated carbocycles. The van der Waals surface area contributed by atoms with Crippen LogP contribution in [0.15, 0.2) is 45.7 Å². The zero-order valence-electron chi connectivity index (χ0n) is 10.8. The van der Waals surface area contributed by atoms with Gasteiger partial charge in [-0.05, 0) is 17.7 Å². The van der Waals surface area contributed by atoms with Crippen molar-refractivity contribution < 1.29 is 4.74 Å². The number of methoxy groups -OCH3 is 1. The second-order valence-corrected chi connectivity index (χ2v) is 5.25. The monoisotopic (exact) mass is 288 g/mol. The molecule has 0 unspecified atom stereocenters. The van der Waals surface area contributed by atoms with Gasteiger partial charge in [0.1, 0.15) is 18.3 Å². The average Bonchev–Trinajstić information content (AvgIpc) is 2.48. The van der Waals surface area contributed by atoms with Crippen LogP contribution in [-0.2, 0) is 11.3 Å². The molecule has 1 aromatic heterocycles. The Balaban J connectivity index is 2.08. The fourth-order valence-corrected chi connectivity index (χ4v) is 3.07. The highest BCUT2D eigenvalue weighted by molar-refractivity contribution is 7.99. The van der Waals surface area contributed by atoms with Crippen molar-refractivity contribution >= 4 is 23.3 Å². The Morgan fingerprint density at radius 1 is 1.35 bits per heavy atom. The van der Waals surface area contributed by atoms with Gasteiger partial charge in [0.15, 0.2) is 5.82 Å². The minimum Gasteiger partial charge on any atom is -0.364 e. The summed E-state index contributed by atoms with van der Waals surface area (Å²) in [5.41, 5.74) is 1.83. The van der Waals surface area contributed by atoms with Crippen molar-refractivity contribution in [1.82, 2.24) is 9.97 Å². The molecule has 0 amide bonds. The summed E-state index contributed by atoms with van der Waals surface area (Å²) < 4.78 is 5.26. The molecule has 1 aromatic carbocycles. The lowest BCUT2D eigenvalue weighted by Gasteiger charge is -2.30. The first-order valence-electron chi connectivity index (χ1n) is 6.01. The Morgan fingerprint density at radius 2 is 2.20 bits per heavy atom. The second kappa shape index (κ2) is 5.56. The van der Waals surface area contributed by atoms with E-state index in [1.165, 1.54) is 0 Å². The third-order valence-electron chi connectivity index (χ3n) is 2.93. The summed E-state index contributed by atoms with van der Waals surface area (Å²) in [5.74, 6) is 0.767. The van der Waals surface area contributed by atoms with Crippen LogP contribution in [0, 0.1) is 4.91 Å². The van der Waals surface area contributed by atoms with Gasteiger partial charge in [0.25, 0.3) is 0 Å². The lowest BCUT2D eigenvalue weighted by atomic mass is 10.2. The molecular weight excluding hydrogens is 276 g/mol. The maximum Gasteiger partial charge on any atom is 0.168 e. The van der Waals surface area contributed by atoms with Gasteiger partial charge in [-0.25, -0.2) is 9.97 Å². The molecule has 0 aliphatic carbocycles. The van der Waals surface area contributed by atoms with Crippen molar-refractivity contribution in [1.29, 1.82) is 0 Å². The molecule has 0 spiro atoms. The van der Waals surface area contributed by atoms with E-state index in [2.05, 4.69) is 15.1 Å². The Hall–Kier alpha value is -1.99. The number of aromatic nitrogens is 2. The SMILES string of the molecule is COCN1c2cc(CN=O)ccc2Sc2nccnc21. The number of fused-ring (bicyclic) bond motifs is 2. The lowest BCUT2D eigenvalue weighted by Crippen LogP contribution is -2.24. The maximum absolute atomic E-state index is 10.4. The number of hydrogen-bond acceptors (Lipinski definition) is 7. The molecule has 0 saturated heterocycles. The van der Waals surface area contributed by atoms with Crippen LogP contribution < -0.4 is 4.90 Å². The minimum atomic E-state index is 0.159. The number of nitrogens with zero attached hydrogens (tertiary/aromatic N) is 4. The van der Waals surface area contributed by atoms with Crippen LogP contribution >= 0.6 is 11.8 Å². The normalized spacial score (nSPS) is 12.8. The molecule has 2 aromatic rings. The zero-order chi connectivity index (χ0) is 13.9. The van der Waals surface area contributed by atoms with Crippen molar-refractivity contribution in [2.75, 3.05) is 18.7 Å². The van der Waals surface area contributed by atoms with Gasteiger partial charge < -0.3 is 4.74 Å². The van der Waals surface area contributed by atoms with Crippen LogP contribution in [-0.4, -0.2) is 23.8 Å². The molecule has 1 aliphatic rings. The summed E-state index contributed by atoms with van der Waals surface area (Å²) in [6.07, 6.45) is 3.33. The van der Waals surface area contributed by atoms with E-state index in [1.807, 2.05) is 23.1 Å². The summed E-state index contributed by atoms with van der Waals surface area (Å²) in [5, 5.41) is 3.78. The lowest BCUT2D eigenvalue weighted by molar-refractivity contribution is 0.204. The highest BCUT2D eigenvalue weighted by atomic mass is 32.2. The molecule has 7 heteroatoms. The summed E-state index contributed by atoms with van der Waals surface area (Å²) in [6, 6.07) is 5.82. The fourth-order valence-electron chi connectivity index (χ4n) is 2.09. The van der Waals surface area contributed by atoms with Crippen LogP contribution in [0.3, 0.4) is 0 Å². The molecule has 1 aliphatic heterocycles. The number of ether oxygens (including phenoxy) is 1. The van der Waals surface area contributed by atoms with Crippen LogP contribution in [0.1, 0.15) is 5.56 Å². The van der Waals surface area contributed by atoms with Crippen molar-refractivity contribution in [3.05, 3.63) is 41.1 Å². The summed E-state index contributed by atoms with van der Waals surface area (Å²) in [6.45, 7) is 0.531. The molecule has 6 nitrogen and oxygen atoms in total. The maximum atomic E-state index is 10.4. The minimum absolute atomic E-state index is 0.159. The van der Waals surface area contributed by atoms with Crippen LogP contribution in [0.5, 0.6) is 0 Å². The number of anilines is 2. The van der Waals surface area contributed by atoms with Crippen molar-refractivity contribution in [2.24, 2.45) is 5.18 Å². The first-order chi connectivity index (χ1) is 9.83. The highest BCUT2D eigenvalue weighted by Crippen LogP contribution is 2.46. The summed E-state index contributed by atoms with van der Waals surface area (Å²) in [4.78, 5) is 22.2. The second-order valence-electron chi connectivity index (χ2n) is 4.22. The predicted molar refractivity (Wildman–Crippen MR) is 76.1 cm³/mol. The number of benzene rings is 1. The number of hydrogen-bond donors (Lipinski definition) is 0. The van der Waals surface area contributed by atoms with Gasteiger partial charge >= 0.3 is 0 Å². The van der Waals surface area contributed by atoms with Crippen LogP contribution in [0.2, 0.25) is 0 Å². The van der Waals surface area contributed by atoms with Gasteiger partial charge in [-0.1, -0.05) is 23.0 Å². The van der Waals surface area contributed by atoms with Gasteiger partial charge in [-0.3, -0.25) is 4.90 Å². The summed E-state index contributed by atoms with van der Waals surface area (Å²) >= 11 is 1.56. The van der Waals surface area contributed by atoms with E-state index in [1.54, 1.807) is 31.3 Å². The Labute approximate surface area is 120 Å². The Morgan fingerprint density at radius 3 is 3.00 bits per heavy atom. The first kappa shape index (κ1) is 13.0. The summed E-state index contributed by atoms with van der Waals surface area (Å²) in [7, 11) is 1.63. The highest BCUT2D eigenvalue weighted by Gasteiger charge is 2.25. The molecule has 2 heterocycles. The van der Waals surface area contributed by atoms with E-state index in [0.717, 1.165) is 27.0 Å². The number of nitroso groups, excluding NO2 is 1. The van der Waals surface area contributed by atoms with E-state index < -0.39 is 0 Å². The topological polar surface area (TPSA) is 67.7 Å². The van der Waals surface area contributed by atoms with Crippen molar-refractivity contribution in [2.45, 2.75) is 16.5 Å². The molecule has 0 atom stereocenters. The average molecular weight is 288 g/mol. The van der Waals surface area contributed by atoms with Gasteiger partial charge in [0.2, 0.25) is 0 Å². The fraction of sp³-hybridized carbons (Fsp3) is 0.231. The standard InChI is InChI=1S/C13H12N4O2S/c1-19-8-17-10-6-9(7-16-18)2-3-11(10)20-13-12(17)14-4-5-15-13/h2-6H,7-8H2,1H3. The predicted octanol–water partition coefficient (Wildman–Crippen LogP) is 2.95. The Bertz CT molecular complexity index is 650. The molecule has 0 bridgehead atoms. The van der Waals surface area contributed by atoms with E-state index in [9.17, 15) is 4.91 Å². The molecule has 20 heavy (non-hydrogen) atoms. The number of rotatable bonds is 4. The van der Waals surface area contributed by atoms with Gasteiger partial charge in [-0.2, -0.15) is 4.91 Å². The van der Waals surface area contributed by atoms with Crippen molar-refractivity contribution in [3.8, 4) is 0 Å². The third-order valence-corrected chi connectivity index (χ3v) is 3.97. The smallest absolute Gasteiger partial charge is 0.168 e. The third kappa shape index (κ3) is 2.25. The van der Waals surface area contributed by atoms with Gasteiger partial charge in [-0.15, -0.1) is 0 Å². The van der Waals surface area contributed by atoms with Gasteiger partial charge in [0, 0.05) is 24.4 Å². The van der Waals surface area contributed by atoms with Crippen LogP contribution in [0.4, 0.5) is 11.5 Å². The molecule has 3 rings (SSSR count). The molecule has 102 valence electrons. The Kier molecular flexibility index (Phi) is 3.62. The van der Waals surface area contributed by atoms with Crippen molar-refractivity contribution in [3.63, 3.8) is 0 Å².